The molecule has 0 aliphatic heterocycles. The number of hydrogen-bond acceptors (Lipinski definition) is 3. The van der Waals surface area contributed by atoms with Crippen molar-refractivity contribution >= 4 is 5.69 Å². The maximum atomic E-state index is 10.8. The number of hydrogen-bond donors (Lipinski definition) is 2. The molecule has 0 aromatic carbocycles. The van der Waals surface area contributed by atoms with Crippen molar-refractivity contribution in [2.45, 2.75) is 13.8 Å². The Morgan fingerprint density at radius 1 is 1.45 bits per heavy atom. The van der Waals surface area contributed by atoms with Crippen molar-refractivity contribution in [2.75, 3.05) is 12.4 Å². The molecule has 0 aliphatic rings. The fourth-order valence-electron chi connectivity index (χ4n) is 1.10. The summed E-state index contributed by atoms with van der Waals surface area (Å²) in [6, 6.07) is 0. The van der Waals surface area contributed by atoms with Crippen LogP contribution in [-0.2, 0) is 0 Å². The second-order valence-corrected chi connectivity index (χ2v) is 2.38. The number of aryl methyl sites for hydroxylation is 2. The molecule has 0 spiro atoms. The summed E-state index contributed by atoms with van der Waals surface area (Å²) in [5, 5.41) is 2.96. The summed E-state index contributed by atoms with van der Waals surface area (Å²) in [4.78, 5) is 17.1. The van der Waals surface area contributed by atoms with E-state index in [1.54, 1.807) is 14.0 Å². The molecule has 60 valence electrons. The Morgan fingerprint density at radius 2 is 2.09 bits per heavy atom. The van der Waals surface area contributed by atoms with Crippen LogP contribution in [0.5, 0.6) is 0 Å². The average molecular weight is 153 g/mol. The lowest BCUT2D eigenvalue weighted by Crippen LogP contribution is -2.15. The first kappa shape index (κ1) is 7.78. The van der Waals surface area contributed by atoms with Crippen LogP contribution in [0.15, 0.2) is 4.79 Å². The highest BCUT2D eigenvalue weighted by Crippen LogP contribution is 2.11. The monoisotopic (exact) mass is 153 g/mol. The molecule has 4 nitrogen and oxygen atoms in total. The van der Waals surface area contributed by atoms with Gasteiger partial charge in [-0.15, -0.1) is 0 Å². The summed E-state index contributed by atoms with van der Waals surface area (Å²) in [5.41, 5.74) is 2.15. The Hall–Kier alpha value is -1.32. The minimum absolute atomic E-state index is 0.293. The van der Waals surface area contributed by atoms with Crippen molar-refractivity contribution in [3.05, 3.63) is 21.9 Å². The van der Waals surface area contributed by atoms with Crippen molar-refractivity contribution in [3.8, 4) is 0 Å². The van der Waals surface area contributed by atoms with E-state index >= 15 is 0 Å². The molecule has 1 aromatic rings. The summed E-state index contributed by atoms with van der Waals surface area (Å²) < 4.78 is 0. The van der Waals surface area contributed by atoms with Gasteiger partial charge in [0.05, 0.1) is 11.4 Å². The lowest BCUT2D eigenvalue weighted by atomic mass is 10.3. The second kappa shape index (κ2) is 2.74. The summed E-state index contributed by atoms with van der Waals surface area (Å²) in [7, 11) is 1.80. The summed E-state index contributed by atoms with van der Waals surface area (Å²) >= 11 is 0. The molecule has 0 radical (unpaired) electrons. The van der Waals surface area contributed by atoms with Gasteiger partial charge in [-0.1, -0.05) is 0 Å². The van der Waals surface area contributed by atoms with E-state index < -0.39 is 0 Å². The van der Waals surface area contributed by atoms with Gasteiger partial charge in [-0.25, -0.2) is 4.79 Å². The topological polar surface area (TPSA) is 57.8 Å². The first-order valence-electron chi connectivity index (χ1n) is 3.40. The molecular weight excluding hydrogens is 142 g/mol. The van der Waals surface area contributed by atoms with Gasteiger partial charge in [0.2, 0.25) is 0 Å². The molecule has 2 N–H and O–H groups in total. The fourth-order valence-corrected chi connectivity index (χ4v) is 1.10. The average Bonchev–Trinajstić information content (AvgIpc) is 1.85. The first-order valence-corrected chi connectivity index (χ1v) is 3.40. The predicted octanol–water partition coefficient (Wildman–Crippen LogP) is 0.428. The Kier molecular flexibility index (Phi) is 1.94. The largest absolute Gasteiger partial charge is 0.385 e. The minimum Gasteiger partial charge on any atom is -0.385 e. The molecule has 0 saturated carbocycles. The number of H-pyrrole nitrogens is 1. The second-order valence-electron chi connectivity index (χ2n) is 2.38. The third-order valence-corrected chi connectivity index (χ3v) is 1.55. The SMILES string of the molecule is CNc1c(C)nc(=O)[nH]c1C. The van der Waals surface area contributed by atoms with Crippen molar-refractivity contribution in [2.24, 2.45) is 0 Å². The third-order valence-electron chi connectivity index (χ3n) is 1.55. The van der Waals surface area contributed by atoms with E-state index in [1.165, 1.54) is 0 Å². The molecular formula is C7H11N3O. The lowest BCUT2D eigenvalue weighted by Gasteiger charge is -2.05. The van der Waals surface area contributed by atoms with Crippen LogP contribution < -0.4 is 11.0 Å². The highest BCUT2D eigenvalue weighted by molar-refractivity contribution is 5.49. The molecule has 0 saturated heterocycles. The zero-order valence-electron chi connectivity index (χ0n) is 6.86. The van der Waals surface area contributed by atoms with E-state index in [2.05, 4.69) is 15.3 Å². The molecule has 0 atom stereocenters. The van der Waals surface area contributed by atoms with Crippen LogP contribution >= 0.6 is 0 Å². The summed E-state index contributed by atoms with van der Waals surface area (Å²) in [5.74, 6) is 0. The molecule has 1 heterocycles. The standard InChI is InChI=1S/C7H11N3O/c1-4-6(8-3)5(2)10-7(11)9-4/h8H,1-3H3,(H,9,10,11). The van der Waals surface area contributed by atoms with Gasteiger partial charge in [-0.3, -0.25) is 0 Å². The molecule has 0 fully saturated rings. The van der Waals surface area contributed by atoms with Gasteiger partial charge in [-0.05, 0) is 13.8 Å². The lowest BCUT2D eigenvalue weighted by molar-refractivity contribution is 0.989. The van der Waals surface area contributed by atoms with Gasteiger partial charge in [0.15, 0.2) is 0 Å². The number of aromatic amines is 1. The van der Waals surface area contributed by atoms with Gasteiger partial charge in [0.25, 0.3) is 0 Å². The van der Waals surface area contributed by atoms with Crippen LogP contribution in [0.4, 0.5) is 5.69 Å². The summed E-state index contributed by atoms with van der Waals surface area (Å²) in [6.07, 6.45) is 0. The smallest absolute Gasteiger partial charge is 0.345 e. The van der Waals surface area contributed by atoms with Crippen LogP contribution in [0.2, 0.25) is 0 Å². The number of aromatic nitrogens is 2. The highest BCUT2D eigenvalue weighted by atomic mass is 16.1. The summed E-state index contributed by atoms with van der Waals surface area (Å²) in [6.45, 7) is 3.63. The van der Waals surface area contributed by atoms with E-state index in [9.17, 15) is 4.79 Å². The molecule has 0 amide bonds. The number of nitrogens with one attached hydrogen (secondary N) is 2. The van der Waals surface area contributed by atoms with Crippen molar-refractivity contribution in [1.82, 2.24) is 9.97 Å². The molecule has 0 unspecified atom stereocenters. The van der Waals surface area contributed by atoms with Crippen LogP contribution in [-0.4, -0.2) is 17.0 Å². The third kappa shape index (κ3) is 1.39. The van der Waals surface area contributed by atoms with Crippen LogP contribution in [0.1, 0.15) is 11.4 Å². The van der Waals surface area contributed by atoms with Crippen molar-refractivity contribution in [3.63, 3.8) is 0 Å². The van der Waals surface area contributed by atoms with Gasteiger partial charge < -0.3 is 10.3 Å². The Balaban J connectivity index is 3.36. The zero-order valence-corrected chi connectivity index (χ0v) is 6.86. The minimum atomic E-state index is -0.293. The molecule has 1 rings (SSSR count). The van der Waals surface area contributed by atoms with Crippen LogP contribution in [0.25, 0.3) is 0 Å². The normalized spacial score (nSPS) is 9.73. The van der Waals surface area contributed by atoms with Gasteiger partial charge in [-0.2, -0.15) is 4.98 Å². The van der Waals surface area contributed by atoms with E-state index in [-0.39, 0.29) is 5.69 Å². The molecule has 4 heteroatoms. The van der Waals surface area contributed by atoms with E-state index in [0.29, 0.717) is 0 Å². The highest BCUT2D eigenvalue weighted by Gasteiger charge is 2.01. The fraction of sp³-hybridized carbons (Fsp3) is 0.429. The van der Waals surface area contributed by atoms with E-state index in [0.717, 1.165) is 17.1 Å². The van der Waals surface area contributed by atoms with Gasteiger partial charge in [0.1, 0.15) is 0 Å². The quantitative estimate of drug-likeness (QED) is 0.615. The maximum Gasteiger partial charge on any atom is 0.345 e. The molecule has 0 bridgehead atoms. The van der Waals surface area contributed by atoms with Crippen molar-refractivity contribution in [1.29, 1.82) is 0 Å². The van der Waals surface area contributed by atoms with Gasteiger partial charge in [0, 0.05) is 12.7 Å². The number of rotatable bonds is 1. The molecule has 0 aliphatic carbocycles. The van der Waals surface area contributed by atoms with Crippen LogP contribution in [0.3, 0.4) is 0 Å². The van der Waals surface area contributed by atoms with Gasteiger partial charge >= 0.3 is 5.69 Å². The number of anilines is 1. The Morgan fingerprint density at radius 3 is 2.55 bits per heavy atom. The van der Waals surface area contributed by atoms with E-state index in [1.807, 2.05) is 6.92 Å². The number of nitrogens with zero attached hydrogens (tertiary/aromatic N) is 1. The molecule has 11 heavy (non-hydrogen) atoms. The predicted molar refractivity (Wildman–Crippen MR) is 43.9 cm³/mol. The Bertz CT molecular complexity index is 290. The van der Waals surface area contributed by atoms with Crippen LogP contribution in [0, 0.1) is 13.8 Å². The van der Waals surface area contributed by atoms with Crippen molar-refractivity contribution < 1.29 is 0 Å². The Labute approximate surface area is 64.7 Å². The maximum absolute atomic E-state index is 10.8. The first-order chi connectivity index (χ1) is 5.15. The zero-order chi connectivity index (χ0) is 8.43. The van der Waals surface area contributed by atoms with E-state index in [4.69, 9.17) is 0 Å². The molecule has 1 aromatic heterocycles.